The molecule has 0 aromatic heterocycles. The minimum Gasteiger partial charge on any atom is -0.497 e. The van der Waals surface area contributed by atoms with Gasteiger partial charge in [-0.1, -0.05) is 83.7 Å². The Morgan fingerprint density at radius 2 is 1.64 bits per heavy atom. The Kier molecular flexibility index (Phi) is 11.0. The van der Waals surface area contributed by atoms with Gasteiger partial charge in [0.25, 0.3) is 0 Å². The number of carbonyl (C=O) groups is 2. The molecule has 0 radical (unpaired) electrons. The lowest BCUT2D eigenvalue weighted by molar-refractivity contribution is -0.140. The molecule has 1 aliphatic carbocycles. The lowest BCUT2D eigenvalue weighted by atomic mass is 9.94. The summed E-state index contributed by atoms with van der Waals surface area (Å²) < 4.78 is 33.2. The first-order chi connectivity index (χ1) is 20.1. The van der Waals surface area contributed by atoms with E-state index in [1.807, 2.05) is 54.6 Å². The first kappa shape index (κ1) is 31.6. The summed E-state index contributed by atoms with van der Waals surface area (Å²) in [6.45, 7) is -0.342. The van der Waals surface area contributed by atoms with Gasteiger partial charge in [-0.25, -0.2) is 8.42 Å². The highest BCUT2D eigenvalue weighted by atomic mass is 79.9. The SMILES string of the molecule is COc1cccc(N(CC(=O)N(Cc2cccc(Br)c2)C(Cc2ccccc2)C(=O)NC2CCCCC2)S(C)(=O)=O)c1. The first-order valence-corrected chi connectivity index (χ1v) is 16.8. The maximum Gasteiger partial charge on any atom is 0.244 e. The Labute approximate surface area is 257 Å². The topological polar surface area (TPSA) is 96.0 Å². The number of rotatable bonds is 12. The summed E-state index contributed by atoms with van der Waals surface area (Å²) in [4.78, 5) is 29.8. The van der Waals surface area contributed by atoms with Crippen LogP contribution in [0.2, 0.25) is 0 Å². The van der Waals surface area contributed by atoms with E-state index in [4.69, 9.17) is 4.74 Å². The predicted molar refractivity (Wildman–Crippen MR) is 169 cm³/mol. The number of halogens is 1. The van der Waals surface area contributed by atoms with Crippen molar-refractivity contribution in [1.82, 2.24) is 10.2 Å². The van der Waals surface area contributed by atoms with Crippen molar-refractivity contribution in [3.8, 4) is 5.75 Å². The number of hydrogen-bond donors (Lipinski definition) is 1. The highest BCUT2D eigenvalue weighted by molar-refractivity contribution is 9.10. The van der Waals surface area contributed by atoms with E-state index in [1.165, 1.54) is 12.0 Å². The highest BCUT2D eigenvalue weighted by Gasteiger charge is 2.34. The molecule has 10 heteroatoms. The molecule has 0 bridgehead atoms. The van der Waals surface area contributed by atoms with Crippen LogP contribution in [-0.4, -0.2) is 57.1 Å². The quantitative estimate of drug-likeness (QED) is 0.285. The van der Waals surface area contributed by atoms with Crippen molar-refractivity contribution >= 4 is 43.5 Å². The van der Waals surface area contributed by atoms with Crippen molar-refractivity contribution in [2.45, 2.75) is 57.2 Å². The lowest BCUT2D eigenvalue weighted by Gasteiger charge is -2.35. The molecule has 0 heterocycles. The smallest absolute Gasteiger partial charge is 0.244 e. The Balaban J connectivity index is 1.72. The van der Waals surface area contributed by atoms with E-state index < -0.39 is 28.5 Å². The molecule has 1 atom stereocenters. The molecule has 0 aliphatic heterocycles. The number of carbonyl (C=O) groups excluding carboxylic acids is 2. The van der Waals surface area contributed by atoms with E-state index >= 15 is 0 Å². The van der Waals surface area contributed by atoms with Gasteiger partial charge in [-0.05, 0) is 48.2 Å². The van der Waals surface area contributed by atoms with Gasteiger partial charge in [0.15, 0.2) is 0 Å². The number of amides is 2. The van der Waals surface area contributed by atoms with Gasteiger partial charge in [0.1, 0.15) is 18.3 Å². The maximum atomic E-state index is 14.2. The third kappa shape index (κ3) is 8.82. The maximum absolute atomic E-state index is 14.2. The van der Waals surface area contributed by atoms with Crippen molar-refractivity contribution in [1.29, 1.82) is 0 Å². The molecule has 4 rings (SSSR count). The molecule has 8 nitrogen and oxygen atoms in total. The van der Waals surface area contributed by atoms with E-state index in [2.05, 4.69) is 21.2 Å². The van der Waals surface area contributed by atoms with E-state index in [-0.39, 0.29) is 24.9 Å². The van der Waals surface area contributed by atoms with Crippen molar-refractivity contribution in [3.05, 3.63) is 94.5 Å². The van der Waals surface area contributed by atoms with Crippen LogP contribution in [-0.2, 0) is 32.6 Å². The van der Waals surface area contributed by atoms with Gasteiger partial charge in [0.2, 0.25) is 21.8 Å². The van der Waals surface area contributed by atoms with Crippen LogP contribution in [0.3, 0.4) is 0 Å². The third-order valence-electron chi connectivity index (χ3n) is 7.49. The summed E-state index contributed by atoms with van der Waals surface area (Å²) >= 11 is 3.50. The molecule has 42 heavy (non-hydrogen) atoms. The summed E-state index contributed by atoms with van der Waals surface area (Å²) in [5, 5.41) is 3.21. The van der Waals surface area contributed by atoms with Gasteiger partial charge < -0.3 is 15.0 Å². The zero-order chi connectivity index (χ0) is 30.1. The third-order valence-corrected chi connectivity index (χ3v) is 9.12. The Morgan fingerprint density at radius 3 is 2.31 bits per heavy atom. The normalized spacial score (nSPS) is 14.5. The number of sulfonamides is 1. The van der Waals surface area contributed by atoms with Gasteiger partial charge in [0, 0.05) is 29.5 Å². The highest BCUT2D eigenvalue weighted by Crippen LogP contribution is 2.25. The predicted octanol–water partition coefficient (Wildman–Crippen LogP) is 5.31. The van der Waals surface area contributed by atoms with Crippen LogP contribution in [0.25, 0.3) is 0 Å². The molecule has 1 saturated carbocycles. The Morgan fingerprint density at radius 1 is 0.952 bits per heavy atom. The lowest BCUT2D eigenvalue weighted by Crippen LogP contribution is -2.55. The largest absolute Gasteiger partial charge is 0.497 e. The zero-order valence-corrected chi connectivity index (χ0v) is 26.4. The molecular weight excluding hydrogens is 618 g/mol. The van der Waals surface area contributed by atoms with Crippen LogP contribution in [0.1, 0.15) is 43.2 Å². The summed E-state index contributed by atoms with van der Waals surface area (Å²) in [6.07, 6.45) is 6.42. The van der Waals surface area contributed by atoms with Crippen molar-refractivity contribution < 1.29 is 22.7 Å². The first-order valence-electron chi connectivity index (χ1n) is 14.1. The van der Waals surface area contributed by atoms with Crippen LogP contribution < -0.4 is 14.4 Å². The average molecular weight is 657 g/mol. The van der Waals surface area contributed by atoms with E-state index in [0.29, 0.717) is 11.4 Å². The van der Waals surface area contributed by atoms with Crippen LogP contribution in [0.5, 0.6) is 5.75 Å². The minimum atomic E-state index is -3.86. The van der Waals surface area contributed by atoms with Crippen molar-refractivity contribution in [3.63, 3.8) is 0 Å². The van der Waals surface area contributed by atoms with E-state index in [0.717, 1.165) is 58.3 Å². The van der Waals surface area contributed by atoms with Gasteiger partial charge >= 0.3 is 0 Å². The number of nitrogens with zero attached hydrogens (tertiary/aromatic N) is 2. The molecule has 2 amide bonds. The number of nitrogens with one attached hydrogen (secondary N) is 1. The monoisotopic (exact) mass is 655 g/mol. The fourth-order valence-electron chi connectivity index (χ4n) is 5.31. The zero-order valence-electron chi connectivity index (χ0n) is 24.0. The van der Waals surface area contributed by atoms with Crippen LogP contribution in [0, 0.1) is 0 Å². The molecule has 3 aromatic rings. The average Bonchev–Trinajstić information content (AvgIpc) is 2.98. The minimum absolute atomic E-state index is 0.0525. The van der Waals surface area contributed by atoms with Gasteiger partial charge in [-0.2, -0.15) is 0 Å². The molecule has 1 N–H and O–H groups in total. The van der Waals surface area contributed by atoms with E-state index in [9.17, 15) is 18.0 Å². The number of methoxy groups -OCH3 is 1. The number of hydrogen-bond acceptors (Lipinski definition) is 5. The number of anilines is 1. The van der Waals surface area contributed by atoms with Gasteiger partial charge in [-0.15, -0.1) is 0 Å². The molecular formula is C32H38BrN3O5S. The summed E-state index contributed by atoms with van der Waals surface area (Å²) in [5.74, 6) is -0.252. The number of benzene rings is 3. The summed E-state index contributed by atoms with van der Waals surface area (Å²) in [7, 11) is -2.36. The second kappa shape index (κ2) is 14.7. The Bertz CT molecular complexity index is 1460. The molecule has 0 saturated heterocycles. The van der Waals surface area contributed by atoms with Crippen LogP contribution >= 0.6 is 15.9 Å². The van der Waals surface area contributed by atoms with Crippen LogP contribution in [0.15, 0.2) is 83.3 Å². The summed E-state index contributed by atoms with van der Waals surface area (Å²) in [5.41, 5.74) is 2.02. The molecule has 1 aliphatic rings. The van der Waals surface area contributed by atoms with Gasteiger partial charge in [0.05, 0.1) is 19.1 Å². The molecule has 0 spiro atoms. The van der Waals surface area contributed by atoms with Gasteiger partial charge in [-0.3, -0.25) is 13.9 Å². The van der Waals surface area contributed by atoms with E-state index in [1.54, 1.807) is 24.3 Å². The van der Waals surface area contributed by atoms with Crippen LogP contribution in [0.4, 0.5) is 5.69 Å². The fraction of sp³-hybridized carbons (Fsp3) is 0.375. The standard InChI is InChI=1S/C32H38BrN3O5S/c1-41-29-18-10-17-28(21-29)36(42(2,39)40)23-31(37)35(22-25-13-9-14-26(33)19-25)30(20-24-11-5-3-6-12-24)32(38)34-27-15-7-4-8-16-27/h3,5-6,9-14,17-19,21,27,30H,4,7-8,15-16,20,22-23H2,1-2H3,(H,34,38). The van der Waals surface area contributed by atoms with Crippen molar-refractivity contribution in [2.75, 3.05) is 24.2 Å². The molecule has 1 unspecified atom stereocenters. The molecule has 224 valence electrons. The molecule has 3 aromatic carbocycles. The number of ether oxygens (including phenoxy) is 1. The molecule has 1 fully saturated rings. The summed E-state index contributed by atoms with van der Waals surface area (Å²) in [6, 6.07) is 22.9. The second-order valence-electron chi connectivity index (χ2n) is 10.7. The fourth-order valence-corrected chi connectivity index (χ4v) is 6.60. The van der Waals surface area contributed by atoms with Crippen molar-refractivity contribution in [2.24, 2.45) is 0 Å². The Hall–Kier alpha value is -3.37. The second-order valence-corrected chi connectivity index (χ2v) is 13.5.